The number of aliphatic hydroxyl groups is 2. The molecule has 0 spiro atoms. The van der Waals surface area contributed by atoms with Crippen LogP contribution in [0.2, 0.25) is 0 Å². The number of hydrogen-bond donors (Lipinski definition) is 4. The maximum atomic E-state index is 13.8. The minimum absolute atomic E-state index is 0.0548. The van der Waals surface area contributed by atoms with Crippen molar-refractivity contribution in [2.75, 3.05) is 6.61 Å². The standard InChI is InChI=1S/C25H32N3O9P/c1-6-19(23(31)35-16(3)4)27-38(33,37-18-11-9-8-10-12-18)34-15-20-22(30)25(32,7-2)24(36-20)28-14-13-21(29)26-17(28)5/h2,8-14,16,19-20,22,24,30,32H,5-6,15H2,1,3-4H3,(H,26,29)(H,27,33)/t19-,20+,22+,24+,25+,38?/m0/s1. The largest absolute Gasteiger partial charge is 0.462 e. The van der Waals surface area contributed by atoms with Crippen molar-refractivity contribution in [2.45, 2.75) is 63.4 Å². The van der Waals surface area contributed by atoms with Crippen LogP contribution in [0.3, 0.4) is 0 Å². The lowest BCUT2D eigenvalue weighted by Crippen LogP contribution is -2.54. The van der Waals surface area contributed by atoms with Crippen molar-refractivity contribution in [3.8, 4) is 18.1 Å². The first kappa shape index (κ1) is 29.4. The molecule has 0 bridgehead atoms. The van der Waals surface area contributed by atoms with E-state index in [9.17, 15) is 24.4 Å². The average Bonchev–Trinajstić information content (AvgIpc) is 3.12. The van der Waals surface area contributed by atoms with Gasteiger partial charge in [0.25, 0.3) is 5.91 Å². The third-order valence-electron chi connectivity index (χ3n) is 5.67. The zero-order chi connectivity index (χ0) is 28.1. The molecule has 2 aliphatic rings. The van der Waals surface area contributed by atoms with Crippen LogP contribution in [0.5, 0.6) is 5.75 Å². The quantitative estimate of drug-likeness (QED) is 0.180. The van der Waals surface area contributed by atoms with E-state index >= 15 is 0 Å². The van der Waals surface area contributed by atoms with Crippen molar-refractivity contribution in [2.24, 2.45) is 0 Å². The summed E-state index contributed by atoms with van der Waals surface area (Å²) in [5.74, 6) is 1.27. The molecule has 0 saturated carbocycles. The van der Waals surface area contributed by atoms with Gasteiger partial charge in [0.1, 0.15) is 29.8 Å². The fourth-order valence-corrected chi connectivity index (χ4v) is 5.33. The first-order valence-corrected chi connectivity index (χ1v) is 13.4. The summed E-state index contributed by atoms with van der Waals surface area (Å²) in [5.41, 5.74) is -2.26. The van der Waals surface area contributed by atoms with Crippen LogP contribution < -0.4 is 14.9 Å². The molecule has 2 heterocycles. The number of hydrogen-bond acceptors (Lipinski definition) is 10. The summed E-state index contributed by atoms with van der Waals surface area (Å²) in [6.07, 6.45) is 3.43. The Morgan fingerprint density at radius 3 is 2.66 bits per heavy atom. The molecule has 0 aliphatic carbocycles. The van der Waals surface area contributed by atoms with Crippen molar-refractivity contribution >= 4 is 19.6 Å². The van der Waals surface area contributed by atoms with Gasteiger partial charge in [-0.05, 0) is 32.4 Å². The van der Waals surface area contributed by atoms with Crippen molar-refractivity contribution in [3.05, 3.63) is 55.0 Å². The molecule has 3 rings (SSSR count). The Kier molecular flexibility index (Phi) is 9.38. The Morgan fingerprint density at radius 1 is 1.39 bits per heavy atom. The van der Waals surface area contributed by atoms with E-state index in [-0.39, 0.29) is 18.0 Å². The molecule has 6 atom stereocenters. The fourth-order valence-electron chi connectivity index (χ4n) is 3.74. The Labute approximate surface area is 221 Å². The van der Waals surface area contributed by atoms with E-state index in [1.165, 1.54) is 11.1 Å². The van der Waals surface area contributed by atoms with Gasteiger partial charge < -0.3 is 34.4 Å². The summed E-state index contributed by atoms with van der Waals surface area (Å²) in [6, 6.07) is 7.09. The molecule has 4 N–H and O–H groups in total. The van der Waals surface area contributed by atoms with Crippen LogP contribution in [0.15, 0.2) is 55.0 Å². The van der Waals surface area contributed by atoms with Crippen LogP contribution in [0.4, 0.5) is 0 Å². The second-order valence-electron chi connectivity index (χ2n) is 8.87. The van der Waals surface area contributed by atoms with E-state index in [4.69, 9.17) is 24.9 Å². The molecule has 1 aromatic rings. The molecular weight excluding hydrogens is 517 g/mol. The van der Waals surface area contributed by atoms with Gasteiger partial charge in [-0.15, -0.1) is 6.42 Å². The highest BCUT2D eigenvalue weighted by atomic mass is 31.2. The van der Waals surface area contributed by atoms with Gasteiger partial charge in [-0.3, -0.25) is 14.1 Å². The number of ether oxygens (including phenoxy) is 2. The monoisotopic (exact) mass is 549 g/mol. The normalized spacial score (nSPS) is 27.4. The molecule has 1 fully saturated rings. The minimum Gasteiger partial charge on any atom is -0.462 e. The lowest BCUT2D eigenvalue weighted by Gasteiger charge is -2.36. The van der Waals surface area contributed by atoms with Gasteiger partial charge in [-0.2, -0.15) is 5.09 Å². The molecule has 0 aromatic heterocycles. The molecule has 1 amide bonds. The van der Waals surface area contributed by atoms with Gasteiger partial charge in [0.05, 0.1) is 12.7 Å². The number of nitrogens with zero attached hydrogens (tertiary/aromatic N) is 1. The highest BCUT2D eigenvalue weighted by molar-refractivity contribution is 7.52. The maximum Gasteiger partial charge on any atom is 0.459 e. The first-order chi connectivity index (χ1) is 17.9. The smallest absolute Gasteiger partial charge is 0.459 e. The Hall–Kier alpha value is -3.17. The summed E-state index contributed by atoms with van der Waals surface area (Å²) in [7, 11) is -4.29. The highest BCUT2D eigenvalue weighted by Gasteiger charge is 2.57. The molecule has 1 unspecified atom stereocenters. The lowest BCUT2D eigenvalue weighted by molar-refractivity contribution is -0.149. The first-order valence-electron chi connectivity index (χ1n) is 11.9. The highest BCUT2D eigenvalue weighted by Crippen LogP contribution is 2.46. The molecule has 12 nitrogen and oxygen atoms in total. The number of benzene rings is 1. The van der Waals surface area contributed by atoms with Crippen molar-refractivity contribution in [1.82, 2.24) is 15.3 Å². The summed E-state index contributed by atoms with van der Waals surface area (Å²) in [6.45, 7) is 8.19. The van der Waals surface area contributed by atoms with E-state index in [0.29, 0.717) is 0 Å². The van der Waals surface area contributed by atoms with Gasteiger partial charge in [0.2, 0.25) is 0 Å². The number of carbonyl (C=O) groups excluding carboxylic acids is 2. The van der Waals surface area contributed by atoms with E-state index in [0.717, 1.165) is 6.08 Å². The van der Waals surface area contributed by atoms with E-state index in [2.05, 4.69) is 22.9 Å². The molecule has 2 aliphatic heterocycles. The van der Waals surface area contributed by atoms with E-state index in [1.807, 2.05) is 0 Å². The molecule has 38 heavy (non-hydrogen) atoms. The molecule has 0 radical (unpaired) electrons. The van der Waals surface area contributed by atoms with E-state index in [1.54, 1.807) is 51.1 Å². The van der Waals surface area contributed by atoms with Crippen LogP contribution >= 0.6 is 7.75 Å². The third kappa shape index (κ3) is 6.63. The van der Waals surface area contributed by atoms with Crippen molar-refractivity contribution in [1.29, 1.82) is 0 Å². The number of carbonyl (C=O) groups is 2. The third-order valence-corrected chi connectivity index (χ3v) is 7.24. The summed E-state index contributed by atoms with van der Waals surface area (Å²) >= 11 is 0. The van der Waals surface area contributed by atoms with Gasteiger partial charge in [0.15, 0.2) is 11.8 Å². The number of nitrogens with one attached hydrogen (secondary N) is 2. The van der Waals surface area contributed by atoms with Gasteiger partial charge in [0, 0.05) is 12.3 Å². The second-order valence-corrected chi connectivity index (χ2v) is 10.6. The van der Waals surface area contributed by atoms with E-state index < -0.39 is 62.4 Å². The van der Waals surface area contributed by atoms with Crippen LogP contribution in [-0.4, -0.2) is 69.8 Å². The molecular formula is C25H32N3O9P. The Balaban J connectivity index is 1.82. The number of rotatable bonds is 11. The zero-order valence-corrected chi connectivity index (χ0v) is 22.2. The van der Waals surface area contributed by atoms with Gasteiger partial charge in [-0.1, -0.05) is 37.6 Å². The topological polar surface area (TPSA) is 156 Å². The number of esters is 1. The summed E-state index contributed by atoms with van der Waals surface area (Å²) in [5, 5.41) is 27.0. The number of para-hydroxylation sites is 1. The molecule has 1 aromatic carbocycles. The number of aliphatic hydroxyl groups excluding tert-OH is 1. The lowest BCUT2D eigenvalue weighted by atomic mass is 9.94. The van der Waals surface area contributed by atoms with Crippen LogP contribution in [0.1, 0.15) is 27.2 Å². The van der Waals surface area contributed by atoms with Gasteiger partial charge in [-0.25, -0.2) is 4.57 Å². The predicted octanol–water partition coefficient (Wildman–Crippen LogP) is 1.38. The predicted molar refractivity (Wildman–Crippen MR) is 136 cm³/mol. The summed E-state index contributed by atoms with van der Waals surface area (Å²) in [4.78, 5) is 25.4. The maximum absolute atomic E-state index is 13.8. The molecule has 1 saturated heterocycles. The SMILES string of the molecule is C#C[C@@]1(O)[C@H](O)[C@@H](COP(=O)(N[C@@H](CC)C(=O)OC(C)C)Oc2ccccc2)O[C@H]1N1C=CC(=O)NC1=C. The average molecular weight is 550 g/mol. The van der Waals surface area contributed by atoms with Crippen LogP contribution in [0.25, 0.3) is 0 Å². The Morgan fingerprint density at radius 2 is 2.08 bits per heavy atom. The van der Waals surface area contributed by atoms with Crippen molar-refractivity contribution < 1.29 is 42.9 Å². The number of terminal acetylenes is 1. The number of amides is 1. The summed E-state index contributed by atoms with van der Waals surface area (Å²) < 4.78 is 36.1. The molecule has 13 heteroatoms. The van der Waals surface area contributed by atoms with Crippen molar-refractivity contribution in [3.63, 3.8) is 0 Å². The van der Waals surface area contributed by atoms with Crippen LogP contribution in [-0.2, 0) is 28.2 Å². The second kappa shape index (κ2) is 12.1. The zero-order valence-electron chi connectivity index (χ0n) is 21.3. The van der Waals surface area contributed by atoms with Gasteiger partial charge >= 0.3 is 13.7 Å². The Bertz CT molecular complexity index is 1150. The fraction of sp³-hybridized carbons (Fsp3) is 0.440. The minimum atomic E-state index is -4.29. The molecule has 206 valence electrons. The van der Waals surface area contributed by atoms with Crippen LogP contribution in [0, 0.1) is 12.3 Å².